The standard InChI is InChI=1S/C20H25F2N7O3S/c1-12-9-28(10-14(20(12,21)22)7-26-33(3,31)32)19-6-16(24-11-25-19)17-8-23-18-5-4-15(13(2)30)27-29(17)18/h4-6,8,11-14,26,30H,7,9-10H2,1-3H3/t12-,13?,14+/m0/s1. The van der Waals surface area contributed by atoms with Crippen LogP contribution in [-0.2, 0) is 10.0 Å². The van der Waals surface area contributed by atoms with Crippen LogP contribution in [0.1, 0.15) is 25.6 Å². The number of fused-ring (bicyclic) bond motifs is 1. The van der Waals surface area contributed by atoms with E-state index >= 15 is 0 Å². The number of nitrogens with zero attached hydrogens (tertiary/aromatic N) is 6. The molecule has 0 bridgehead atoms. The van der Waals surface area contributed by atoms with E-state index in [4.69, 9.17) is 0 Å². The fraction of sp³-hybridized carbons (Fsp3) is 0.500. The number of sulfonamides is 1. The lowest BCUT2D eigenvalue weighted by atomic mass is 9.86. The topological polar surface area (TPSA) is 126 Å². The molecular formula is C20H25F2N7O3S. The van der Waals surface area contributed by atoms with Gasteiger partial charge >= 0.3 is 0 Å². The molecule has 33 heavy (non-hydrogen) atoms. The second-order valence-corrected chi connectivity index (χ2v) is 10.2. The van der Waals surface area contributed by atoms with Crippen molar-refractivity contribution in [2.45, 2.75) is 25.9 Å². The van der Waals surface area contributed by atoms with Crippen LogP contribution in [0.25, 0.3) is 17.0 Å². The van der Waals surface area contributed by atoms with Crippen molar-refractivity contribution in [1.82, 2.24) is 29.3 Å². The monoisotopic (exact) mass is 481 g/mol. The fourth-order valence-corrected chi connectivity index (χ4v) is 4.41. The third kappa shape index (κ3) is 4.80. The molecule has 1 fully saturated rings. The Bertz CT molecular complexity index is 1270. The van der Waals surface area contributed by atoms with Gasteiger partial charge in [0.2, 0.25) is 10.0 Å². The van der Waals surface area contributed by atoms with Crippen molar-refractivity contribution < 1.29 is 22.3 Å². The third-order valence-electron chi connectivity index (χ3n) is 5.78. The predicted octanol–water partition coefficient (Wildman–Crippen LogP) is 1.50. The Balaban J connectivity index is 1.65. The smallest absolute Gasteiger partial charge is 0.258 e. The molecular weight excluding hydrogens is 456 g/mol. The lowest BCUT2D eigenvalue weighted by Gasteiger charge is -2.43. The summed E-state index contributed by atoms with van der Waals surface area (Å²) in [5.74, 6) is -4.83. The first-order valence-corrected chi connectivity index (χ1v) is 12.3. The maximum absolute atomic E-state index is 14.8. The normalized spacial score (nSPS) is 21.9. The Morgan fingerprint density at radius 1 is 1.27 bits per heavy atom. The summed E-state index contributed by atoms with van der Waals surface area (Å²) in [6, 6.07) is 5.08. The van der Waals surface area contributed by atoms with Crippen LogP contribution in [0.15, 0.2) is 30.7 Å². The van der Waals surface area contributed by atoms with Gasteiger partial charge in [0, 0.05) is 31.6 Å². The fourth-order valence-electron chi connectivity index (χ4n) is 3.90. The van der Waals surface area contributed by atoms with Gasteiger partial charge in [-0.2, -0.15) is 5.10 Å². The summed E-state index contributed by atoms with van der Waals surface area (Å²) < 4.78 is 56.2. The van der Waals surface area contributed by atoms with Crippen LogP contribution in [0.3, 0.4) is 0 Å². The highest BCUT2D eigenvalue weighted by Crippen LogP contribution is 2.39. The van der Waals surface area contributed by atoms with Gasteiger partial charge in [-0.25, -0.2) is 41.4 Å². The number of aliphatic hydroxyl groups is 1. The summed E-state index contributed by atoms with van der Waals surface area (Å²) in [5.41, 5.74) is 2.07. The Labute approximate surface area is 189 Å². The van der Waals surface area contributed by atoms with E-state index in [2.05, 4.69) is 24.8 Å². The van der Waals surface area contributed by atoms with Crippen molar-refractivity contribution in [3.63, 3.8) is 0 Å². The first-order chi connectivity index (χ1) is 15.5. The zero-order valence-electron chi connectivity index (χ0n) is 18.4. The molecule has 0 aromatic carbocycles. The molecule has 4 heterocycles. The first-order valence-electron chi connectivity index (χ1n) is 10.4. The SMILES string of the molecule is CC(O)c1ccc2ncc(-c3cc(N4C[C@@H](CNS(C)(=O)=O)C(F)(F)[C@@H](C)C4)ncn3)n2n1. The van der Waals surface area contributed by atoms with Crippen molar-refractivity contribution in [3.8, 4) is 11.4 Å². The number of alkyl halides is 2. The maximum atomic E-state index is 14.8. The molecule has 1 unspecified atom stereocenters. The Hall–Kier alpha value is -2.77. The van der Waals surface area contributed by atoms with Crippen LogP contribution in [0.2, 0.25) is 0 Å². The van der Waals surface area contributed by atoms with Gasteiger partial charge in [0.25, 0.3) is 5.92 Å². The number of imidazole rings is 1. The van der Waals surface area contributed by atoms with E-state index in [0.29, 0.717) is 28.5 Å². The van der Waals surface area contributed by atoms with Gasteiger partial charge in [-0.1, -0.05) is 6.92 Å². The minimum absolute atomic E-state index is 0.0520. The molecule has 3 aromatic heterocycles. The Morgan fingerprint density at radius 3 is 2.73 bits per heavy atom. The Kier molecular flexibility index (Phi) is 6.05. The molecule has 1 aliphatic rings. The molecule has 4 rings (SSSR count). The summed E-state index contributed by atoms with van der Waals surface area (Å²) in [6.07, 6.45) is 3.11. The zero-order valence-corrected chi connectivity index (χ0v) is 19.2. The van der Waals surface area contributed by atoms with Gasteiger partial charge in [0.15, 0.2) is 5.65 Å². The quantitative estimate of drug-likeness (QED) is 0.543. The molecule has 13 heteroatoms. The van der Waals surface area contributed by atoms with Gasteiger partial charge < -0.3 is 10.0 Å². The van der Waals surface area contributed by atoms with Crippen molar-refractivity contribution in [3.05, 3.63) is 36.4 Å². The highest BCUT2D eigenvalue weighted by Gasteiger charge is 2.49. The van der Waals surface area contributed by atoms with Crippen molar-refractivity contribution in [2.75, 3.05) is 30.8 Å². The number of aliphatic hydroxyl groups excluding tert-OH is 1. The molecule has 0 radical (unpaired) electrons. The van der Waals surface area contributed by atoms with Crippen LogP contribution in [0.4, 0.5) is 14.6 Å². The van der Waals surface area contributed by atoms with Crippen molar-refractivity contribution in [2.24, 2.45) is 11.8 Å². The molecule has 1 saturated heterocycles. The number of piperidine rings is 1. The predicted molar refractivity (Wildman–Crippen MR) is 117 cm³/mol. The molecule has 178 valence electrons. The molecule has 0 amide bonds. The largest absolute Gasteiger partial charge is 0.387 e. The molecule has 0 spiro atoms. The summed E-state index contributed by atoms with van der Waals surface area (Å²) in [4.78, 5) is 14.6. The van der Waals surface area contributed by atoms with Gasteiger partial charge in [-0.3, -0.25) is 0 Å². The lowest BCUT2D eigenvalue weighted by molar-refractivity contribution is -0.108. The summed E-state index contributed by atoms with van der Waals surface area (Å²) in [5, 5.41) is 14.3. The minimum atomic E-state index is -3.60. The van der Waals surface area contributed by atoms with E-state index in [1.807, 2.05) is 0 Å². The average Bonchev–Trinajstić information content (AvgIpc) is 3.17. The van der Waals surface area contributed by atoms with Gasteiger partial charge in [-0.15, -0.1) is 0 Å². The second-order valence-electron chi connectivity index (χ2n) is 8.41. The third-order valence-corrected chi connectivity index (χ3v) is 6.47. The Morgan fingerprint density at radius 2 is 2.03 bits per heavy atom. The van der Waals surface area contributed by atoms with E-state index in [0.717, 1.165) is 6.26 Å². The number of anilines is 1. The number of halogens is 2. The molecule has 3 atom stereocenters. The number of nitrogens with one attached hydrogen (secondary N) is 1. The van der Waals surface area contributed by atoms with Crippen LogP contribution in [0.5, 0.6) is 0 Å². The minimum Gasteiger partial charge on any atom is -0.387 e. The van der Waals surface area contributed by atoms with Gasteiger partial charge in [0.1, 0.15) is 17.8 Å². The number of rotatable bonds is 6. The lowest BCUT2D eigenvalue weighted by Crippen LogP contribution is -2.56. The molecule has 10 nitrogen and oxygen atoms in total. The van der Waals surface area contributed by atoms with Gasteiger partial charge in [0.05, 0.1) is 35.9 Å². The van der Waals surface area contributed by atoms with Gasteiger partial charge in [-0.05, 0) is 19.1 Å². The van der Waals surface area contributed by atoms with E-state index in [9.17, 15) is 22.3 Å². The number of hydrogen-bond acceptors (Lipinski definition) is 8. The van der Waals surface area contributed by atoms with E-state index in [1.165, 1.54) is 13.3 Å². The molecule has 0 aliphatic carbocycles. The van der Waals surface area contributed by atoms with E-state index in [-0.39, 0.29) is 19.6 Å². The number of hydrogen-bond donors (Lipinski definition) is 2. The molecule has 2 N–H and O–H groups in total. The average molecular weight is 482 g/mol. The van der Waals surface area contributed by atoms with E-state index < -0.39 is 33.9 Å². The van der Waals surface area contributed by atoms with E-state index in [1.54, 1.807) is 40.7 Å². The van der Waals surface area contributed by atoms with Crippen LogP contribution >= 0.6 is 0 Å². The van der Waals surface area contributed by atoms with Crippen LogP contribution < -0.4 is 9.62 Å². The first kappa shape index (κ1) is 23.4. The zero-order chi connectivity index (χ0) is 24.0. The highest BCUT2D eigenvalue weighted by molar-refractivity contribution is 7.88. The van der Waals surface area contributed by atoms with Crippen LogP contribution in [0, 0.1) is 11.8 Å². The summed E-state index contributed by atoms with van der Waals surface area (Å²) in [6.45, 7) is 2.65. The molecule has 3 aromatic rings. The van der Waals surface area contributed by atoms with Crippen LogP contribution in [-0.4, -0.2) is 69.9 Å². The maximum Gasteiger partial charge on any atom is 0.258 e. The molecule has 0 saturated carbocycles. The highest BCUT2D eigenvalue weighted by atomic mass is 32.2. The van der Waals surface area contributed by atoms with Crippen molar-refractivity contribution in [1.29, 1.82) is 0 Å². The summed E-state index contributed by atoms with van der Waals surface area (Å²) in [7, 11) is -3.60. The molecule has 1 aliphatic heterocycles. The number of aromatic nitrogens is 5. The van der Waals surface area contributed by atoms with Crippen molar-refractivity contribution >= 4 is 21.5 Å². The summed E-state index contributed by atoms with van der Waals surface area (Å²) >= 11 is 0. The second kappa shape index (κ2) is 8.54.